The Morgan fingerprint density at radius 2 is 1.69 bits per heavy atom. The number of benzene rings is 2. The monoisotopic (exact) mass is 510 g/mol. The van der Waals surface area contributed by atoms with Gasteiger partial charge in [-0.2, -0.15) is 0 Å². The van der Waals surface area contributed by atoms with E-state index in [4.69, 9.17) is 21.1 Å². The lowest BCUT2D eigenvalue weighted by Gasteiger charge is -2.32. The van der Waals surface area contributed by atoms with Crippen LogP contribution in [0.2, 0.25) is 5.02 Å². The number of ether oxygens (including phenoxy) is 2. The first-order valence-electron chi connectivity index (χ1n) is 12.8. The van der Waals surface area contributed by atoms with Gasteiger partial charge in [-0.3, -0.25) is 14.4 Å². The Labute approximate surface area is 215 Å². The summed E-state index contributed by atoms with van der Waals surface area (Å²) in [6, 6.07) is 11.2. The fourth-order valence-electron chi connectivity index (χ4n) is 5.46. The summed E-state index contributed by atoms with van der Waals surface area (Å²) in [5.41, 5.74) is 3.95. The maximum atomic E-state index is 12.6. The lowest BCUT2D eigenvalue weighted by molar-refractivity contribution is -0.225. The molecule has 0 atom stereocenters. The maximum absolute atomic E-state index is 12.6. The van der Waals surface area contributed by atoms with Gasteiger partial charge in [0.2, 0.25) is 0 Å². The molecule has 1 aliphatic carbocycles. The van der Waals surface area contributed by atoms with E-state index in [9.17, 15) is 14.4 Å². The van der Waals surface area contributed by atoms with Crippen molar-refractivity contribution >= 4 is 35.0 Å². The van der Waals surface area contributed by atoms with E-state index in [1.54, 1.807) is 12.1 Å². The number of ketones is 1. The van der Waals surface area contributed by atoms with Gasteiger partial charge in [-0.25, -0.2) is 0 Å². The summed E-state index contributed by atoms with van der Waals surface area (Å²) in [5, 5.41) is 7.18. The summed E-state index contributed by atoms with van der Waals surface area (Å²) in [7, 11) is 0. The lowest BCUT2D eigenvalue weighted by Crippen LogP contribution is -2.43. The standard InChI is InChI=1S/C28H31ClN2O5/c29-23-10-9-22-21(13-14-30-17-28(22)35-25(33)11-12-26(34)36-28)27(23)31-16-19-5-7-20(8-6-19)24(32)15-18-3-1-2-4-18/h5-10,18,30-31H,1-4,11-17H2. The second-order valence-corrected chi connectivity index (χ2v) is 10.3. The van der Waals surface area contributed by atoms with Crippen LogP contribution in [0, 0.1) is 5.92 Å². The molecule has 7 nitrogen and oxygen atoms in total. The van der Waals surface area contributed by atoms with Crippen LogP contribution in [-0.4, -0.2) is 30.8 Å². The average Bonchev–Trinajstić information content (AvgIpc) is 3.25. The maximum Gasteiger partial charge on any atom is 0.309 e. The topological polar surface area (TPSA) is 93.7 Å². The third-order valence-electron chi connectivity index (χ3n) is 7.37. The van der Waals surface area contributed by atoms with E-state index < -0.39 is 17.7 Å². The molecule has 0 radical (unpaired) electrons. The molecule has 0 aromatic heterocycles. The van der Waals surface area contributed by atoms with E-state index >= 15 is 0 Å². The van der Waals surface area contributed by atoms with Crippen molar-refractivity contribution in [2.45, 2.75) is 63.7 Å². The molecule has 2 fully saturated rings. The first kappa shape index (κ1) is 24.8. The summed E-state index contributed by atoms with van der Waals surface area (Å²) in [4.78, 5) is 37.3. The smallest absolute Gasteiger partial charge is 0.309 e. The van der Waals surface area contributed by atoms with E-state index in [1.165, 1.54) is 12.8 Å². The molecule has 0 bridgehead atoms. The molecule has 5 rings (SSSR count). The molecule has 36 heavy (non-hydrogen) atoms. The predicted octanol–water partition coefficient (Wildman–Crippen LogP) is 4.89. The number of fused-ring (bicyclic) bond motifs is 2. The first-order chi connectivity index (χ1) is 17.4. The number of anilines is 1. The van der Waals surface area contributed by atoms with Gasteiger partial charge in [0.1, 0.15) is 0 Å². The molecule has 2 heterocycles. The highest BCUT2D eigenvalue weighted by atomic mass is 35.5. The minimum atomic E-state index is -1.52. The second kappa shape index (κ2) is 10.6. The van der Waals surface area contributed by atoms with Gasteiger partial charge >= 0.3 is 11.9 Å². The lowest BCUT2D eigenvalue weighted by atomic mass is 9.95. The Balaban J connectivity index is 1.35. The molecule has 3 aliphatic rings. The largest absolute Gasteiger partial charge is 0.416 e. The van der Waals surface area contributed by atoms with Crippen molar-refractivity contribution in [2.24, 2.45) is 5.92 Å². The zero-order chi connectivity index (χ0) is 25.1. The SMILES string of the molecule is O=C1CCC(=O)OC2(CNCCc3c2ccc(Cl)c3NCc2ccc(C(=O)CC3CCCC3)cc2)O1. The van der Waals surface area contributed by atoms with Gasteiger partial charge in [0.15, 0.2) is 5.78 Å². The van der Waals surface area contributed by atoms with Crippen LogP contribution in [0.15, 0.2) is 36.4 Å². The van der Waals surface area contributed by atoms with Crippen LogP contribution >= 0.6 is 11.6 Å². The Morgan fingerprint density at radius 3 is 2.39 bits per heavy atom. The van der Waals surface area contributed by atoms with E-state index in [0.29, 0.717) is 42.4 Å². The number of carbonyl (C=O) groups is 3. The zero-order valence-corrected chi connectivity index (χ0v) is 21.0. The van der Waals surface area contributed by atoms with E-state index in [0.717, 1.165) is 35.2 Å². The number of hydrogen-bond acceptors (Lipinski definition) is 7. The molecule has 190 valence electrons. The molecule has 1 spiro atoms. The van der Waals surface area contributed by atoms with Gasteiger partial charge in [0, 0.05) is 24.1 Å². The van der Waals surface area contributed by atoms with E-state index in [2.05, 4.69) is 10.6 Å². The number of rotatable bonds is 6. The quantitative estimate of drug-likeness (QED) is 0.422. The molecule has 2 aliphatic heterocycles. The van der Waals surface area contributed by atoms with Crippen molar-refractivity contribution in [2.75, 3.05) is 18.4 Å². The van der Waals surface area contributed by atoms with Crippen molar-refractivity contribution in [3.8, 4) is 0 Å². The first-order valence-corrected chi connectivity index (χ1v) is 13.1. The van der Waals surface area contributed by atoms with Crippen molar-refractivity contribution in [1.82, 2.24) is 5.32 Å². The van der Waals surface area contributed by atoms with Gasteiger partial charge in [0.25, 0.3) is 5.79 Å². The number of halogens is 1. The number of Topliss-reactive ketones (excluding diaryl/α,β-unsaturated/α-hetero) is 1. The predicted molar refractivity (Wildman–Crippen MR) is 136 cm³/mol. The van der Waals surface area contributed by atoms with Crippen molar-refractivity contribution < 1.29 is 23.9 Å². The Kier molecular flexibility index (Phi) is 7.30. The molecule has 2 aromatic rings. The molecule has 2 aromatic carbocycles. The zero-order valence-electron chi connectivity index (χ0n) is 20.2. The van der Waals surface area contributed by atoms with Gasteiger partial charge in [-0.1, -0.05) is 61.5 Å². The molecular formula is C28H31ClN2O5. The highest BCUT2D eigenvalue weighted by Crippen LogP contribution is 2.40. The Hall–Kier alpha value is -2.90. The Bertz CT molecular complexity index is 1140. The minimum absolute atomic E-state index is 0.00618. The van der Waals surface area contributed by atoms with Gasteiger partial charge in [0.05, 0.1) is 30.1 Å². The third-order valence-corrected chi connectivity index (χ3v) is 7.68. The van der Waals surface area contributed by atoms with E-state index in [1.807, 2.05) is 24.3 Å². The summed E-state index contributed by atoms with van der Waals surface area (Å²) < 4.78 is 11.4. The van der Waals surface area contributed by atoms with Gasteiger partial charge in [-0.05, 0) is 42.1 Å². The van der Waals surface area contributed by atoms with Crippen molar-refractivity contribution in [3.05, 3.63) is 63.7 Å². The van der Waals surface area contributed by atoms with E-state index in [-0.39, 0.29) is 25.2 Å². The summed E-state index contributed by atoms with van der Waals surface area (Å²) in [6.45, 7) is 1.28. The molecule has 2 N–H and O–H groups in total. The fourth-order valence-corrected chi connectivity index (χ4v) is 5.70. The van der Waals surface area contributed by atoms with Crippen LogP contribution in [0.25, 0.3) is 0 Å². The summed E-state index contributed by atoms with van der Waals surface area (Å²) >= 11 is 6.60. The number of esters is 2. The van der Waals surface area contributed by atoms with Crippen LogP contribution < -0.4 is 10.6 Å². The van der Waals surface area contributed by atoms with Gasteiger partial charge < -0.3 is 20.1 Å². The molecule has 0 amide bonds. The van der Waals surface area contributed by atoms with Crippen molar-refractivity contribution in [1.29, 1.82) is 0 Å². The van der Waals surface area contributed by atoms with Gasteiger partial charge in [-0.15, -0.1) is 0 Å². The average molecular weight is 511 g/mol. The summed E-state index contributed by atoms with van der Waals surface area (Å²) in [6.07, 6.45) is 6.02. The second-order valence-electron chi connectivity index (χ2n) is 9.90. The van der Waals surface area contributed by atoms with Crippen LogP contribution in [0.1, 0.15) is 72.0 Å². The van der Waals surface area contributed by atoms with Crippen molar-refractivity contribution in [3.63, 3.8) is 0 Å². The molecular weight excluding hydrogens is 480 g/mol. The number of hydrogen-bond donors (Lipinski definition) is 2. The normalized spacial score (nSPS) is 19.7. The van der Waals surface area contributed by atoms with Crippen LogP contribution in [0.3, 0.4) is 0 Å². The Morgan fingerprint density at radius 1 is 1.00 bits per heavy atom. The molecule has 1 saturated heterocycles. The number of nitrogens with one attached hydrogen (secondary N) is 2. The summed E-state index contributed by atoms with van der Waals surface area (Å²) in [5.74, 6) is -1.72. The van der Waals surface area contributed by atoms with Crippen LogP contribution in [0.5, 0.6) is 0 Å². The molecule has 8 heteroatoms. The highest BCUT2D eigenvalue weighted by molar-refractivity contribution is 6.33. The molecule has 0 unspecified atom stereocenters. The third kappa shape index (κ3) is 5.27. The number of carbonyl (C=O) groups excluding carboxylic acids is 3. The highest BCUT2D eigenvalue weighted by Gasteiger charge is 2.46. The minimum Gasteiger partial charge on any atom is -0.416 e. The fraction of sp³-hybridized carbons (Fsp3) is 0.464. The molecule has 1 saturated carbocycles. The van der Waals surface area contributed by atoms with Crippen LogP contribution in [0.4, 0.5) is 5.69 Å². The van der Waals surface area contributed by atoms with Crippen LogP contribution in [-0.2, 0) is 37.8 Å².